The normalized spacial score (nSPS) is 11.7. The number of anilines is 1. The second-order valence-electron chi connectivity index (χ2n) is 6.35. The van der Waals surface area contributed by atoms with Gasteiger partial charge in [-0.3, -0.25) is 9.59 Å². The summed E-state index contributed by atoms with van der Waals surface area (Å²) in [6.45, 7) is 3.40. The second-order valence-corrected chi connectivity index (χ2v) is 7.99. The number of hydrogen-bond acceptors (Lipinski definition) is 4. The van der Waals surface area contributed by atoms with Crippen molar-refractivity contribution in [1.82, 2.24) is 10.3 Å². The molecule has 0 spiro atoms. The topological polar surface area (TPSA) is 71.1 Å². The van der Waals surface area contributed by atoms with E-state index in [2.05, 4.69) is 15.6 Å². The molecular formula is C21H20ClN3O2S. The summed E-state index contributed by atoms with van der Waals surface area (Å²) in [5.41, 5.74) is 2.64. The van der Waals surface area contributed by atoms with E-state index in [1.165, 1.54) is 18.3 Å². The van der Waals surface area contributed by atoms with Crippen LogP contribution in [0.15, 0.2) is 54.6 Å². The molecule has 0 saturated heterocycles. The SMILES string of the molecule is CC(=O)NC(CC(=O)Nc1nc(-c2ccc(Cl)cc2)c(C)s1)c1ccccc1. The summed E-state index contributed by atoms with van der Waals surface area (Å²) in [7, 11) is 0. The Labute approximate surface area is 172 Å². The number of hydrogen-bond donors (Lipinski definition) is 2. The van der Waals surface area contributed by atoms with Gasteiger partial charge in [-0.2, -0.15) is 0 Å². The van der Waals surface area contributed by atoms with Crippen molar-refractivity contribution in [1.29, 1.82) is 0 Å². The highest BCUT2D eigenvalue weighted by atomic mass is 35.5. The molecule has 3 rings (SSSR count). The summed E-state index contributed by atoms with van der Waals surface area (Å²) < 4.78 is 0. The number of aryl methyl sites for hydroxylation is 1. The molecule has 0 fully saturated rings. The van der Waals surface area contributed by atoms with Crippen molar-refractivity contribution in [2.24, 2.45) is 0 Å². The van der Waals surface area contributed by atoms with Crippen LogP contribution in [0.1, 0.15) is 29.8 Å². The van der Waals surface area contributed by atoms with Crippen LogP contribution in [0.4, 0.5) is 5.13 Å². The van der Waals surface area contributed by atoms with Crippen molar-refractivity contribution in [3.8, 4) is 11.3 Å². The highest BCUT2D eigenvalue weighted by Crippen LogP contribution is 2.31. The van der Waals surface area contributed by atoms with Gasteiger partial charge < -0.3 is 10.6 Å². The van der Waals surface area contributed by atoms with Gasteiger partial charge in [-0.1, -0.05) is 54.1 Å². The van der Waals surface area contributed by atoms with E-state index in [9.17, 15) is 9.59 Å². The van der Waals surface area contributed by atoms with Crippen molar-refractivity contribution < 1.29 is 9.59 Å². The molecule has 144 valence electrons. The van der Waals surface area contributed by atoms with E-state index in [1.807, 2.05) is 61.5 Å². The minimum atomic E-state index is -0.393. The van der Waals surface area contributed by atoms with Gasteiger partial charge in [0.2, 0.25) is 11.8 Å². The van der Waals surface area contributed by atoms with Crippen LogP contribution in [0.2, 0.25) is 5.02 Å². The van der Waals surface area contributed by atoms with Gasteiger partial charge >= 0.3 is 0 Å². The Bertz CT molecular complexity index is 971. The third-order valence-electron chi connectivity index (χ3n) is 4.13. The van der Waals surface area contributed by atoms with Gasteiger partial charge in [0.25, 0.3) is 0 Å². The minimum absolute atomic E-state index is 0.124. The minimum Gasteiger partial charge on any atom is -0.349 e. The van der Waals surface area contributed by atoms with Crippen LogP contribution in [-0.2, 0) is 9.59 Å². The number of thiazole rings is 1. The molecule has 5 nitrogen and oxygen atoms in total. The molecule has 2 aromatic carbocycles. The number of rotatable bonds is 6. The maximum absolute atomic E-state index is 12.6. The summed E-state index contributed by atoms with van der Waals surface area (Å²) >= 11 is 7.36. The molecule has 1 unspecified atom stereocenters. The molecule has 1 aromatic heterocycles. The Morgan fingerprint density at radius 2 is 1.79 bits per heavy atom. The number of halogens is 1. The first-order valence-electron chi connectivity index (χ1n) is 8.77. The van der Waals surface area contributed by atoms with Crippen LogP contribution >= 0.6 is 22.9 Å². The van der Waals surface area contributed by atoms with Crippen molar-refractivity contribution in [3.63, 3.8) is 0 Å². The van der Waals surface area contributed by atoms with Gasteiger partial charge in [0.1, 0.15) is 0 Å². The number of aromatic nitrogens is 1. The van der Waals surface area contributed by atoms with E-state index in [-0.39, 0.29) is 18.2 Å². The zero-order chi connectivity index (χ0) is 20.1. The Morgan fingerprint density at radius 3 is 2.43 bits per heavy atom. The smallest absolute Gasteiger partial charge is 0.228 e. The van der Waals surface area contributed by atoms with E-state index < -0.39 is 6.04 Å². The molecule has 1 atom stereocenters. The van der Waals surface area contributed by atoms with E-state index in [1.54, 1.807) is 0 Å². The largest absolute Gasteiger partial charge is 0.349 e. The maximum Gasteiger partial charge on any atom is 0.228 e. The average Bonchev–Trinajstić information content (AvgIpc) is 3.02. The van der Waals surface area contributed by atoms with Crippen LogP contribution in [0, 0.1) is 6.92 Å². The average molecular weight is 414 g/mol. The molecule has 0 aliphatic heterocycles. The molecule has 3 aromatic rings. The summed E-state index contributed by atoms with van der Waals surface area (Å²) in [5, 5.41) is 6.87. The molecule has 2 N–H and O–H groups in total. The Kier molecular flexibility index (Phi) is 6.44. The summed E-state index contributed by atoms with van der Waals surface area (Å²) in [6.07, 6.45) is 0.124. The number of benzene rings is 2. The van der Waals surface area contributed by atoms with Crippen molar-refractivity contribution >= 4 is 39.9 Å². The lowest BCUT2D eigenvalue weighted by atomic mass is 10.0. The predicted octanol–water partition coefficient (Wildman–Crippen LogP) is 4.98. The van der Waals surface area contributed by atoms with Gasteiger partial charge in [-0.25, -0.2) is 4.98 Å². The lowest BCUT2D eigenvalue weighted by molar-refractivity contribution is -0.120. The van der Waals surface area contributed by atoms with Gasteiger partial charge in [0.05, 0.1) is 18.2 Å². The molecule has 1 heterocycles. The molecule has 2 amide bonds. The number of carbonyl (C=O) groups is 2. The first kappa shape index (κ1) is 20.0. The highest BCUT2D eigenvalue weighted by molar-refractivity contribution is 7.16. The quantitative estimate of drug-likeness (QED) is 0.598. The van der Waals surface area contributed by atoms with E-state index in [0.29, 0.717) is 10.2 Å². The van der Waals surface area contributed by atoms with Crippen LogP contribution in [0.5, 0.6) is 0 Å². The zero-order valence-electron chi connectivity index (χ0n) is 15.5. The summed E-state index contributed by atoms with van der Waals surface area (Å²) in [6, 6.07) is 16.5. The van der Waals surface area contributed by atoms with Gasteiger partial charge in [-0.15, -0.1) is 11.3 Å². The van der Waals surface area contributed by atoms with E-state index in [4.69, 9.17) is 11.6 Å². The van der Waals surface area contributed by atoms with Crippen LogP contribution in [0.25, 0.3) is 11.3 Å². The summed E-state index contributed by atoms with van der Waals surface area (Å²) in [5.74, 6) is -0.393. The lowest BCUT2D eigenvalue weighted by Gasteiger charge is -2.17. The first-order valence-corrected chi connectivity index (χ1v) is 9.97. The molecular weight excluding hydrogens is 394 g/mol. The van der Waals surface area contributed by atoms with Crippen LogP contribution in [0.3, 0.4) is 0 Å². The number of amides is 2. The van der Waals surface area contributed by atoms with Crippen LogP contribution < -0.4 is 10.6 Å². The highest BCUT2D eigenvalue weighted by Gasteiger charge is 2.18. The molecule has 0 aliphatic carbocycles. The molecule has 7 heteroatoms. The fourth-order valence-electron chi connectivity index (χ4n) is 2.86. The summed E-state index contributed by atoms with van der Waals surface area (Å²) in [4.78, 5) is 29.6. The molecule has 0 saturated carbocycles. The van der Waals surface area contributed by atoms with Crippen molar-refractivity contribution in [2.75, 3.05) is 5.32 Å². The van der Waals surface area contributed by atoms with Gasteiger partial charge in [0, 0.05) is 22.4 Å². The Hall–Kier alpha value is -2.70. The monoisotopic (exact) mass is 413 g/mol. The molecule has 0 aliphatic rings. The number of carbonyl (C=O) groups excluding carboxylic acids is 2. The van der Waals surface area contributed by atoms with E-state index in [0.717, 1.165) is 21.7 Å². The zero-order valence-corrected chi connectivity index (χ0v) is 17.1. The molecule has 0 bridgehead atoms. The number of nitrogens with one attached hydrogen (secondary N) is 2. The fourth-order valence-corrected chi connectivity index (χ4v) is 3.84. The third-order valence-corrected chi connectivity index (χ3v) is 5.27. The van der Waals surface area contributed by atoms with Crippen molar-refractivity contribution in [2.45, 2.75) is 26.3 Å². The van der Waals surface area contributed by atoms with Gasteiger partial charge in [0.15, 0.2) is 5.13 Å². The fraction of sp³-hybridized carbons (Fsp3) is 0.190. The Balaban J connectivity index is 1.72. The second kappa shape index (κ2) is 8.99. The standard InChI is InChI=1S/C21H20ClN3O2S/c1-13-20(16-8-10-17(22)11-9-16)25-21(28-13)24-19(27)12-18(23-14(2)26)15-6-4-3-5-7-15/h3-11,18H,12H2,1-2H3,(H,23,26)(H,24,25,27). The lowest BCUT2D eigenvalue weighted by Crippen LogP contribution is -2.29. The molecule has 0 radical (unpaired) electrons. The third kappa shape index (κ3) is 5.18. The van der Waals surface area contributed by atoms with E-state index >= 15 is 0 Å². The Morgan fingerprint density at radius 1 is 1.11 bits per heavy atom. The van der Waals surface area contributed by atoms with Gasteiger partial charge in [-0.05, 0) is 24.6 Å². The number of nitrogens with zero attached hydrogens (tertiary/aromatic N) is 1. The van der Waals surface area contributed by atoms with Crippen LogP contribution in [-0.4, -0.2) is 16.8 Å². The maximum atomic E-state index is 12.6. The predicted molar refractivity (Wildman–Crippen MR) is 114 cm³/mol. The first-order chi connectivity index (χ1) is 13.4. The van der Waals surface area contributed by atoms with Crippen molar-refractivity contribution in [3.05, 3.63) is 70.1 Å². The molecule has 28 heavy (non-hydrogen) atoms.